The Morgan fingerprint density at radius 2 is 2.18 bits per heavy atom. The second-order valence-electron chi connectivity index (χ2n) is 3.23. The van der Waals surface area contributed by atoms with Gasteiger partial charge in [-0.1, -0.05) is 0 Å². The molecular formula is C7H13NO2S. The molecule has 11 heavy (non-hydrogen) atoms. The molecule has 0 saturated carbocycles. The number of hydrogen-bond acceptors (Lipinski definition) is 3. The molecule has 1 heterocycles. The zero-order chi connectivity index (χ0) is 8.54. The summed E-state index contributed by atoms with van der Waals surface area (Å²) in [4.78, 5) is 4.15. The number of sulfone groups is 1. The van der Waals surface area contributed by atoms with E-state index in [4.69, 9.17) is 0 Å². The fourth-order valence-corrected chi connectivity index (χ4v) is 3.47. The average Bonchev–Trinajstić information content (AvgIpc) is 2.07. The highest BCUT2D eigenvalue weighted by Gasteiger charge is 2.37. The second kappa shape index (κ2) is 2.59. The van der Waals surface area contributed by atoms with Gasteiger partial charge in [0.2, 0.25) is 0 Å². The molecule has 0 aromatic rings. The summed E-state index contributed by atoms with van der Waals surface area (Å²) in [6, 6.07) is 0. The Bertz CT molecular complexity index is 268. The quantitative estimate of drug-likeness (QED) is 0.549. The van der Waals surface area contributed by atoms with Crippen molar-refractivity contribution in [3.8, 4) is 0 Å². The Balaban J connectivity index is 2.81. The summed E-state index contributed by atoms with van der Waals surface area (Å²) in [5.41, 5.74) is -0.340. The minimum absolute atomic E-state index is 0.213. The molecule has 4 heteroatoms. The first-order valence-corrected chi connectivity index (χ1v) is 5.50. The van der Waals surface area contributed by atoms with E-state index in [9.17, 15) is 8.42 Å². The standard InChI is InChI=1S/C7H13NO2S/c1-3-8-7(2)4-5-11(9,10)6-7/h3H,4-6H2,1-2H3/t7-/m1/s1. The number of hydrogen-bond donors (Lipinski definition) is 0. The van der Waals surface area contributed by atoms with Crippen molar-refractivity contribution in [1.82, 2.24) is 0 Å². The van der Waals surface area contributed by atoms with E-state index in [0.717, 1.165) is 0 Å². The third-order valence-corrected chi connectivity index (χ3v) is 3.81. The molecule has 3 nitrogen and oxygen atoms in total. The van der Waals surface area contributed by atoms with Crippen LogP contribution in [0.4, 0.5) is 0 Å². The van der Waals surface area contributed by atoms with E-state index in [1.807, 2.05) is 13.8 Å². The van der Waals surface area contributed by atoms with Crippen molar-refractivity contribution >= 4 is 16.1 Å². The van der Waals surface area contributed by atoms with Gasteiger partial charge in [-0.05, 0) is 26.5 Å². The van der Waals surface area contributed by atoms with Crippen LogP contribution in [0.3, 0.4) is 0 Å². The first-order chi connectivity index (χ1) is 4.97. The molecule has 1 fully saturated rings. The summed E-state index contributed by atoms with van der Waals surface area (Å²) < 4.78 is 22.1. The fraction of sp³-hybridized carbons (Fsp3) is 0.857. The van der Waals surface area contributed by atoms with Gasteiger partial charge < -0.3 is 0 Å². The van der Waals surface area contributed by atoms with Crippen molar-refractivity contribution in [2.24, 2.45) is 4.99 Å². The van der Waals surface area contributed by atoms with Crippen LogP contribution in [0, 0.1) is 0 Å². The molecule has 0 N–H and O–H groups in total. The lowest BCUT2D eigenvalue weighted by atomic mass is 10.0. The van der Waals surface area contributed by atoms with Gasteiger partial charge in [0.25, 0.3) is 0 Å². The van der Waals surface area contributed by atoms with Gasteiger partial charge in [-0.15, -0.1) is 0 Å². The molecule has 0 aliphatic carbocycles. The Hall–Kier alpha value is -0.380. The molecule has 0 spiro atoms. The van der Waals surface area contributed by atoms with Gasteiger partial charge >= 0.3 is 0 Å². The highest BCUT2D eigenvalue weighted by Crippen LogP contribution is 2.26. The summed E-state index contributed by atoms with van der Waals surface area (Å²) in [7, 11) is -2.79. The molecule has 1 aliphatic heterocycles. The van der Waals surface area contributed by atoms with Gasteiger partial charge in [0.15, 0.2) is 9.84 Å². The lowest BCUT2D eigenvalue weighted by Crippen LogP contribution is -2.23. The molecule has 0 bridgehead atoms. The van der Waals surface area contributed by atoms with Crippen LogP contribution >= 0.6 is 0 Å². The van der Waals surface area contributed by atoms with Crippen molar-refractivity contribution < 1.29 is 8.42 Å². The van der Waals surface area contributed by atoms with Crippen LogP contribution in [0.2, 0.25) is 0 Å². The average molecular weight is 175 g/mol. The summed E-state index contributed by atoms with van der Waals surface area (Å²) in [6.45, 7) is 3.70. The van der Waals surface area contributed by atoms with E-state index in [0.29, 0.717) is 12.2 Å². The van der Waals surface area contributed by atoms with E-state index < -0.39 is 9.84 Å². The largest absolute Gasteiger partial charge is 0.290 e. The maximum Gasteiger partial charge on any atom is 0.152 e. The van der Waals surface area contributed by atoms with E-state index >= 15 is 0 Å². The van der Waals surface area contributed by atoms with Gasteiger partial charge in [-0.3, -0.25) is 4.99 Å². The predicted molar refractivity (Wildman–Crippen MR) is 45.8 cm³/mol. The fourth-order valence-electron chi connectivity index (χ4n) is 1.41. The van der Waals surface area contributed by atoms with Crippen LogP contribution in [0.1, 0.15) is 20.3 Å². The Morgan fingerprint density at radius 1 is 1.55 bits per heavy atom. The second-order valence-corrected chi connectivity index (χ2v) is 5.41. The van der Waals surface area contributed by atoms with Crippen LogP contribution in [-0.4, -0.2) is 31.7 Å². The van der Waals surface area contributed by atoms with Gasteiger partial charge in [0.1, 0.15) is 0 Å². The zero-order valence-electron chi connectivity index (χ0n) is 6.87. The van der Waals surface area contributed by atoms with Gasteiger partial charge in [0, 0.05) is 0 Å². The van der Waals surface area contributed by atoms with Crippen molar-refractivity contribution in [1.29, 1.82) is 0 Å². The van der Waals surface area contributed by atoms with Crippen molar-refractivity contribution in [2.45, 2.75) is 25.8 Å². The molecule has 0 aromatic carbocycles. The zero-order valence-corrected chi connectivity index (χ0v) is 7.69. The van der Waals surface area contributed by atoms with Crippen molar-refractivity contribution in [2.75, 3.05) is 11.5 Å². The molecule has 0 unspecified atom stereocenters. The van der Waals surface area contributed by atoms with E-state index in [1.165, 1.54) is 0 Å². The molecule has 0 amide bonds. The lowest BCUT2D eigenvalue weighted by molar-refractivity contribution is 0.536. The first-order valence-electron chi connectivity index (χ1n) is 3.68. The summed E-state index contributed by atoms with van der Waals surface area (Å²) in [5.74, 6) is 0.505. The van der Waals surface area contributed by atoms with Crippen molar-refractivity contribution in [3.63, 3.8) is 0 Å². The molecule has 0 radical (unpaired) electrons. The van der Waals surface area contributed by atoms with E-state index in [1.54, 1.807) is 6.21 Å². The van der Waals surface area contributed by atoms with Crippen LogP contribution in [0.25, 0.3) is 0 Å². The molecular weight excluding hydrogens is 162 g/mol. The van der Waals surface area contributed by atoms with E-state index in [2.05, 4.69) is 4.99 Å². The third-order valence-electron chi connectivity index (χ3n) is 1.92. The summed E-state index contributed by atoms with van der Waals surface area (Å²) >= 11 is 0. The van der Waals surface area contributed by atoms with Crippen LogP contribution < -0.4 is 0 Å². The van der Waals surface area contributed by atoms with Gasteiger partial charge in [-0.2, -0.15) is 0 Å². The topological polar surface area (TPSA) is 46.5 Å². The highest BCUT2D eigenvalue weighted by atomic mass is 32.2. The summed E-state index contributed by atoms with van der Waals surface area (Å²) in [5, 5.41) is 0. The SMILES string of the molecule is CC=N[C@]1(C)CCS(=O)(=O)C1. The highest BCUT2D eigenvalue weighted by molar-refractivity contribution is 7.91. The normalized spacial score (nSPS) is 36.5. The molecule has 1 saturated heterocycles. The number of rotatable bonds is 1. The smallest absolute Gasteiger partial charge is 0.152 e. The Labute approximate surface area is 67.4 Å². The third kappa shape index (κ3) is 2.02. The van der Waals surface area contributed by atoms with E-state index in [-0.39, 0.29) is 11.3 Å². The monoisotopic (exact) mass is 175 g/mol. The minimum atomic E-state index is -2.79. The number of aliphatic imine (C=N–C) groups is 1. The first kappa shape index (κ1) is 8.71. The van der Waals surface area contributed by atoms with Gasteiger partial charge in [0.05, 0.1) is 17.0 Å². The van der Waals surface area contributed by atoms with Gasteiger partial charge in [-0.25, -0.2) is 8.42 Å². The predicted octanol–water partition coefficient (Wildman–Crippen LogP) is 0.654. The Morgan fingerprint density at radius 3 is 2.55 bits per heavy atom. The summed E-state index contributed by atoms with van der Waals surface area (Å²) in [6.07, 6.45) is 2.35. The molecule has 1 atom stereocenters. The number of nitrogens with zero attached hydrogens (tertiary/aromatic N) is 1. The minimum Gasteiger partial charge on any atom is -0.290 e. The molecule has 0 aromatic heterocycles. The maximum absolute atomic E-state index is 11.0. The van der Waals surface area contributed by atoms with Crippen molar-refractivity contribution in [3.05, 3.63) is 0 Å². The Kier molecular flexibility index (Phi) is 2.05. The molecule has 64 valence electrons. The van der Waals surface area contributed by atoms with Crippen LogP contribution in [0.5, 0.6) is 0 Å². The van der Waals surface area contributed by atoms with Crippen LogP contribution in [0.15, 0.2) is 4.99 Å². The molecule has 1 rings (SSSR count). The maximum atomic E-state index is 11.0. The lowest BCUT2D eigenvalue weighted by Gasteiger charge is -2.14. The molecule has 1 aliphatic rings. The van der Waals surface area contributed by atoms with Crippen LogP contribution in [-0.2, 0) is 9.84 Å².